The van der Waals surface area contributed by atoms with E-state index in [1.54, 1.807) is 14.0 Å². The molecule has 10 atom stereocenters. The lowest BCUT2D eigenvalue weighted by Crippen LogP contribution is -2.61. The second-order valence-corrected chi connectivity index (χ2v) is 17.1. The summed E-state index contributed by atoms with van der Waals surface area (Å²) in [4.78, 5) is 43.4. The van der Waals surface area contributed by atoms with E-state index in [0.717, 1.165) is 49.7 Å². The molecule has 1 amide bonds. The zero-order valence-corrected chi connectivity index (χ0v) is 33.8. The van der Waals surface area contributed by atoms with Crippen LogP contribution in [-0.2, 0) is 28.6 Å². The molecule has 0 aromatic heterocycles. The summed E-state index contributed by atoms with van der Waals surface area (Å²) in [5.74, 6) is -4.87. The number of ketones is 1. The maximum atomic E-state index is 14.1. The van der Waals surface area contributed by atoms with E-state index in [4.69, 9.17) is 14.2 Å². The van der Waals surface area contributed by atoms with Crippen LogP contribution >= 0.6 is 0 Å². The van der Waals surface area contributed by atoms with Crippen molar-refractivity contribution >= 4 is 17.7 Å². The molecule has 304 valence electrons. The van der Waals surface area contributed by atoms with Gasteiger partial charge in [-0.25, -0.2) is 4.79 Å². The number of carbonyl (C=O) groups excluding carboxylic acids is 3. The molecule has 1 saturated carbocycles. The van der Waals surface area contributed by atoms with Gasteiger partial charge in [-0.15, -0.1) is 0 Å². The van der Waals surface area contributed by atoms with E-state index in [0.29, 0.717) is 50.9 Å². The minimum absolute atomic E-state index is 0.0899. The van der Waals surface area contributed by atoms with Crippen LogP contribution in [0.3, 0.4) is 0 Å². The Morgan fingerprint density at radius 1 is 0.944 bits per heavy atom. The number of allylic oxidation sites excluding steroid dienone is 5. The summed E-state index contributed by atoms with van der Waals surface area (Å²) in [5.41, 5.74) is 1.89. The van der Waals surface area contributed by atoms with E-state index in [9.17, 15) is 29.7 Å². The summed E-state index contributed by atoms with van der Waals surface area (Å²) < 4.78 is 18.2. The second-order valence-electron chi connectivity index (χ2n) is 17.1. The Morgan fingerprint density at radius 2 is 1.67 bits per heavy atom. The molecule has 4 aliphatic rings. The first kappa shape index (κ1) is 44.1. The fourth-order valence-corrected chi connectivity index (χ4v) is 8.89. The van der Waals surface area contributed by atoms with E-state index >= 15 is 0 Å². The number of aliphatic hydroxyl groups is 3. The van der Waals surface area contributed by atoms with Gasteiger partial charge in [0.25, 0.3) is 11.7 Å². The first-order chi connectivity index (χ1) is 25.6. The van der Waals surface area contributed by atoms with Crippen LogP contribution in [0.2, 0.25) is 0 Å². The van der Waals surface area contributed by atoms with Crippen molar-refractivity contribution in [1.82, 2.24) is 4.90 Å². The largest absolute Gasteiger partial charge is 0.460 e. The van der Waals surface area contributed by atoms with Crippen molar-refractivity contribution in [3.63, 3.8) is 0 Å². The molecule has 1 aliphatic carbocycles. The molecule has 3 N–H and O–H groups in total. The van der Waals surface area contributed by atoms with Crippen LogP contribution in [0, 0.1) is 29.6 Å². The van der Waals surface area contributed by atoms with Crippen LogP contribution < -0.4 is 0 Å². The number of Topliss-reactive ketones (excluding diaryl/α,β-unsaturated/α-hetero) is 1. The Hall–Kier alpha value is -2.63. The molecule has 0 aromatic rings. The monoisotopic (exact) mass is 755 g/mol. The highest BCUT2D eigenvalue weighted by atomic mass is 16.6. The normalized spacial score (nSPS) is 40.2. The van der Waals surface area contributed by atoms with Gasteiger partial charge in [0.05, 0.1) is 24.4 Å². The van der Waals surface area contributed by atoms with Gasteiger partial charge in [0, 0.05) is 32.4 Å². The Labute approximate surface area is 324 Å². The van der Waals surface area contributed by atoms with Gasteiger partial charge in [0.1, 0.15) is 12.1 Å². The highest BCUT2D eigenvalue weighted by Crippen LogP contribution is 2.37. The fourth-order valence-electron chi connectivity index (χ4n) is 8.89. The molecule has 10 nitrogen and oxygen atoms in total. The molecule has 2 saturated heterocycles. The summed E-state index contributed by atoms with van der Waals surface area (Å²) in [6.07, 6.45) is 16.1. The molecule has 3 heterocycles. The summed E-state index contributed by atoms with van der Waals surface area (Å²) in [6.45, 7) is 14.5. The predicted octanol–water partition coefficient (Wildman–Crippen LogP) is 6.77. The lowest BCUT2D eigenvalue weighted by molar-refractivity contribution is -0.265. The van der Waals surface area contributed by atoms with Crippen molar-refractivity contribution in [2.45, 2.75) is 167 Å². The van der Waals surface area contributed by atoms with Crippen LogP contribution in [0.15, 0.2) is 48.1 Å². The molecule has 1 unspecified atom stereocenters. The van der Waals surface area contributed by atoms with E-state index in [1.165, 1.54) is 4.90 Å². The number of amides is 1. The standard InChI is InChI=1S/C44H69NO9/c1-28-13-9-8-10-14-29(2)39(52-7)27-37-21-16-33(6)44(51,54-37)41(48)42(49)45-22-12-11-15-38(45)43(50)53-40(26-36(47)25-31(4)30(3)23-28)32(5)24-34-17-19-35(46)20-18-34/h8-10,13-14,28,30,32-40,46-47,51H,4,11-12,15-27H2,1-3,5-7H3/b10-8+,13-9+,29-14+/t28-,30-,32-,33-,34-,35-,36+,37+,38+,39+,40?,44-/m1/s1. The number of methoxy groups -OCH3 is 1. The molecule has 0 aromatic carbocycles. The first-order valence-electron chi connectivity index (χ1n) is 20.7. The Kier molecular flexibility index (Phi) is 16.7. The van der Waals surface area contributed by atoms with Crippen LogP contribution in [0.5, 0.6) is 0 Å². The fraction of sp³-hybridized carbons (Fsp3) is 0.750. The van der Waals surface area contributed by atoms with Gasteiger partial charge in [-0.2, -0.15) is 0 Å². The predicted molar refractivity (Wildman–Crippen MR) is 209 cm³/mol. The third kappa shape index (κ3) is 11.9. The maximum absolute atomic E-state index is 14.1. The highest BCUT2D eigenvalue weighted by Gasteiger charge is 2.53. The van der Waals surface area contributed by atoms with E-state index in [2.05, 4.69) is 26.5 Å². The zero-order valence-electron chi connectivity index (χ0n) is 33.8. The van der Waals surface area contributed by atoms with Crippen LogP contribution in [0.4, 0.5) is 0 Å². The number of aliphatic hydroxyl groups excluding tert-OH is 2. The smallest absolute Gasteiger partial charge is 0.329 e. The summed E-state index contributed by atoms with van der Waals surface area (Å²) >= 11 is 0. The van der Waals surface area contributed by atoms with Crippen molar-refractivity contribution < 1.29 is 43.9 Å². The van der Waals surface area contributed by atoms with Crippen LogP contribution in [-0.4, -0.2) is 93.9 Å². The molecule has 3 fully saturated rings. The second kappa shape index (κ2) is 20.5. The van der Waals surface area contributed by atoms with Gasteiger partial charge >= 0.3 is 5.97 Å². The summed E-state index contributed by atoms with van der Waals surface area (Å²) in [7, 11) is 1.62. The Morgan fingerprint density at radius 3 is 2.37 bits per heavy atom. The average molecular weight is 756 g/mol. The van der Waals surface area contributed by atoms with E-state index in [1.807, 2.05) is 38.2 Å². The van der Waals surface area contributed by atoms with Gasteiger partial charge in [-0.3, -0.25) is 9.59 Å². The Balaban J connectivity index is 1.63. The van der Waals surface area contributed by atoms with Crippen LogP contribution in [0.25, 0.3) is 0 Å². The number of carbonyl (C=O) groups is 3. The van der Waals surface area contributed by atoms with Gasteiger partial charge in [-0.05, 0) is 113 Å². The van der Waals surface area contributed by atoms with Gasteiger partial charge in [0.15, 0.2) is 0 Å². The van der Waals surface area contributed by atoms with Crippen LogP contribution in [0.1, 0.15) is 125 Å². The van der Waals surface area contributed by atoms with Gasteiger partial charge < -0.3 is 34.4 Å². The summed E-state index contributed by atoms with van der Waals surface area (Å²) in [5, 5.41) is 33.3. The lowest BCUT2D eigenvalue weighted by atomic mass is 9.79. The molecular weight excluding hydrogens is 686 g/mol. The van der Waals surface area contributed by atoms with E-state index < -0.39 is 53.7 Å². The molecule has 10 heteroatoms. The number of ether oxygens (including phenoxy) is 3. The molecular formula is C44H69NO9. The SMILES string of the molecule is C=C1C[C@H](O)CC([C@H](C)C[C@H]2CC[C@H](O)CC2)OC(=O)[C@@H]2CCCCN2C(=O)C(=O)[C@]2(O)O[C@@H](CC[C@H]2C)C[C@H](OC)/C(C)=C/C=C/C=C/[C@@H](C)C[C@H]1C. The number of cyclic esters (lactones) is 1. The molecule has 3 aliphatic heterocycles. The number of fused-ring (bicyclic) bond motifs is 3. The number of hydrogen-bond acceptors (Lipinski definition) is 9. The van der Waals surface area contributed by atoms with Crippen molar-refractivity contribution in [3.8, 4) is 0 Å². The minimum Gasteiger partial charge on any atom is -0.460 e. The third-order valence-electron chi connectivity index (χ3n) is 12.6. The number of rotatable bonds is 4. The topological polar surface area (TPSA) is 143 Å². The van der Waals surface area contributed by atoms with Crippen molar-refractivity contribution in [3.05, 3.63) is 48.1 Å². The number of esters is 1. The third-order valence-corrected chi connectivity index (χ3v) is 12.6. The average Bonchev–Trinajstić information content (AvgIpc) is 3.14. The van der Waals surface area contributed by atoms with Gasteiger partial charge in [-0.1, -0.05) is 70.2 Å². The summed E-state index contributed by atoms with van der Waals surface area (Å²) in [6, 6.07) is -0.997. The van der Waals surface area contributed by atoms with Crippen molar-refractivity contribution in [2.75, 3.05) is 13.7 Å². The lowest BCUT2D eigenvalue weighted by Gasteiger charge is -2.42. The number of piperidine rings is 1. The Bertz CT molecular complexity index is 1370. The molecule has 54 heavy (non-hydrogen) atoms. The molecule has 4 rings (SSSR count). The highest BCUT2D eigenvalue weighted by molar-refractivity contribution is 6.39. The van der Waals surface area contributed by atoms with Crippen molar-refractivity contribution in [2.24, 2.45) is 29.6 Å². The molecule has 0 spiro atoms. The minimum atomic E-state index is -2.34. The molecule has 2 bridgehead atoms. The first-order valence-corrected chi connectivity index (χ1v) is 20.7. The maximum Gasteiger partial charge on any atom is 0.329 e. The quantitative estimate of drug-likeness (QED) is 0.161. The number of nitrogens with zero attached hydrogens (tertiary/aromatic N) is 1. The van der Waals surface area contributed by atoms with E-state index in [-0.39, 0.29) is 42.9 Å². The number of hydrogen-bond donors (Lipinski definition) is 3. The zero-order chi connectivity index (χ0) is 39.6. The molecule has 0 radical (unpaired) electrons. The van der Waals surface area contributed by atoms with Crippen molar-refractivity contribution in [1.29, 1.82) is 0 Å². The van der Waals surface area contributed by atoms with Gasteiger partial charge in [0.2, 0.25) is 5.79 Å².